The first-order valence-corrected chi connectivity index (χ1v) is 6.59. The molecule has 1 aromatic carbocycles. The van der Waals surface area contributed by atoms with Gasteiger partial charge in [0.1, 0.15) is 0 Å². The first-order valence-electron chi connectivity index (χ1n) is 6.59. The van der Waals surface area contributed by atoms with Crippen molar-refractivity contribution in [2.45, 2.75) is 25.3 Å². The maximum atomic E-state index is 12.4. The highest BCUT2D eigenvalue weighted by Crippen LogP contribution is 2.28. The van der Waals surface area contributed by atoms with Crippen LogP contribution in [0.4, 0.5) is 5.69 Å². The fourth-order valence-corrected chi connectivity index (χ4v) is 2.07. The van der Waals surface area contributed by atoms with Crippen LogP contribution in [0, 0.1) is 11.3 Å². The lowest BCUT2D eigenvalue weighted by Gasteiger charge is -2.21. The summed E-state index contributed by atoms with van der Waals surface area (Å²) >= 11 is 0. The number of hydrogen-bond donors (Lipinski definition) is 0. The van der Waals surface area contributed by atoms with Gasteiger partial charge in [-0.25, -0.2) is 0 Å². The second-order valence-electron chi connectivity index (χ2n) is 5.08. The van der Waals surface area contributed by atoms with Crippen molar-refractivity contribution < 1.29 is 4.79 Å². The predicted octanol–water partition coefficient (Wildman–Crippen LogP) is 2.27. The molecular weight excluding hydrogens is 238 g/mol. The van der Waals surface area contributed by atoms with Crippen LogP contribution in [-0.2, 0) is 0 Å². The van der Waals surface area contributed by atoms with Crippen LogP contribution in [0.15, 0.2) is 24.3 Å². The van der Waals surface area contributed by atoms with E-state index in [1.54, 1.807) is 0 Å². The van der Waals surface area contributed by atoms with Crippen molar-refractivity contribution in [3.63, 3.8) is 0 Å². The van der Waals surface area contributed by atoms with Gasteiger partial charge in [-0.1, -0.05) is 0 Å². The molecule has 1 aromatic rings. The first kappa shape index (κ1) is 13.4. The van der Waals surface area contributed by atoms with E-state index in [1.165, 1.54) is 0 Å². The summed E-state index contributed by atoms with van der Waals surface area (Å²) in [7, 11) is 3.94. The molecule has 1 fully saturated rings. The third kappa shape index (κ3) is 3.25. The van der Waals surface area contributed by atoms with E-state index in [0.29, 0.717) is 24.6 Å². The smallest absolute Gasteiger partial charge is 0.254 e. The second-order valence-corrected chi connectivity index (χ2v) is 5.08. The maximum absolute atomic E-state index is 12.4. The predicted molar refractivity (Wildman–Crippen MR) is 75.1 cm³/mol. The van der Waals surface area contributed by atoms with Crippen molar-refractivity contribution in [2.75, 3.05) is 25.5 Å². The Morgan fingerprint density at radius 1 is 1.32 bits per heavy atom. The standard InChI is InChI=1S/C15H19N3O/c1-17(2)13-6-4-12(5-7-13)15(19)18(11-3-10-16)14-8-9-14/h4-7,14H,3,8-9,11H2,1-2H3. The molecule has 0 spiro atoms. The SMILES string of the molecule is CN(C)c1ccc(C(=O)N(CCC#N)C2CC2)cc1. The Hall–Kier alpha value is -2.02. The minimum Gasteiger partial charge on any atom is -0.378 e. The zero-order valence-electron chi connectivity index (χ0n) is 11.5. The molecule has 0 aromatic heterocycles. The van der Waals surface area contributed by atoms with Gasteiger partial charge >= 0.3 is 0 Å². The number of rotatable bonds is 5. The van der Waals surface area contributed by atoms with Crippen molar-refractivity contribution in [1.82, 2.24) is 4.90 Å². The highest BCUT2D eigenvalue weighted by Gasteiger charge is 2.32. The molecule has 4 nitrogen and oxygen atoms in total. The van der Waals surface area contributed by atoms with E-state index in [-0.39, 0.29) is 5.91 Å². The Kier molecular flexibility index (Phi) is 4.06. The van der Waals surface area contributed by atoms with Crippen molar-refractivity contribution in [3.8, 4) is 6.07 Å². The first-order chi connectivity index (χ1) is 9.13. The quantitative estimate of drug-likeness (QED) is 0.813. The topological polar surface area (TPSA) is 47.3 Å². The Bertz CT molecular complexity index is 483. The highest BCUT2D eigenvalue weighted by atomic mass is 16.2. The number of carbonyl (C=O) groups excluding carboxylic acids is 1. The van der Waals surface area contributed by atoms with Gasteiger partial charge in [0.15, 0.2) is 0 Å². The summed E-state index contributed by atoms with van der Waals surface area (Å²) in [5.41, 5.74) is 1.78. The van der Waals surface area contributed by atoms with E-state index in [0.717, 1.165) is 18.5 Å². The zero-order chi connectivity index (χ0) is 13.8. The number of benzene rings is 1. The van der Waals surface area contributed by atoms with Crippen molar-refractivity contribution in [3.05, 3.63) is 29.8 Å². The van der Waals surface area contributed by atoms with Crippen LogP contribution in [-0.4, -0.2) is 37.5 Å². The Morgan fingerprint density at radius 2 is 1.95 bits per heavy atom. The number of carbonyl (C=O) groups is 1. The third-order valence-corrected chi connectivity index (χ3v) is 3.34. The molecule has 4 heteroatoms. The molecule has 1 aliphatic rings. The lowest BCUT2D eigenvalue weighted by atomic mass is 10.1. The summed E-state index contributed by atoms with van der Waals surface area (Å²) in [6, 6.07) is 10.1. The van der Waals surface area contributed by atoms with Gasteiger partial charge < -0.3 is 9.80 Å². The van der Waals surface area contributed by atoms with E-state index in [4.69, 9.17) is 5.26 Å². The summed E-state index contributed by atoms with van der Waals surface area (Å²) < 4.78 is 0. The van der Waals surface area contributed by atoms with Gasteiger partial charge in [-0.3, -0.25) is 4.79 Å². The van der Waals surface area contributed by atoms with Crippen LogP contribution in [0.25, 0.3) is 0 Å². The van der Waals surface area contributed by atoms with Crippen LogP contribution < -0.4 is 4.90 Å². The minimum absolute atomic E-state index is 0.0445. The molecule has 1 aliphatic carbocycles. The van der Waals surface area contributed by atoms with E-state index < -0.39 is 0 Å². The average Bonchev–Trinajstić information content (AvgIpc) is 3.23. The monoisotopic (exact) mass is 257 g/mol. The summed E-state index contributed by atoms with van der Waals surface area (Å²) in [4.78, 5) is 16.3. The lowest BCUT2D eigenvalue weighted by Crippen LogP contribution is -2.33. The molecular formula is C15H19N3O. The van der Waals surface area contributed by atoms with E-state index in [9.17, 15) is 4.79 Å². The van der Waals surface area contributed by atoms with Crippen LogP contribution in [0.2, 0.25) is 0 Å². The van der Waals surface area contributed by atoms with E-state index in [2.05, 4.69) is 6.07 Å². The van der Waals surface area contributed by atoms with Gasteiger partial charge in [0.2, 0.25) is 0 Å². The summed E-state index contributed by atoms with van der Waals surface area (Å²) in [6.45, 7) is 0.537. The molecule has 0 N–H and O–H groups in total. The van der Waals surface area contributed by atoms with Crippen LogP contribution in [0.3, 0.4) is 0 Å². The number of hydrogen-bond acceptors (Lipinski definition) is 3. The molecule has 0 atom stereocenters. The minimum atomic E-state index is 0.0445. The molecule has 0 aliphatic heterocycles. The third-order valence-electron chi connectivity index (χ3n) is 3.34. The maximum Gasteiger partial charge on any atom is 0.254 e. The van der Waals surface area contributed by atoms with Gasteiger partial charge in [0.05, 0.1) is 12.5 Å². The summed E-state index contributed by atoms with van der Waals surface area (Å²) in [5.74, 6) is 0.0445. The van der Waals surface area contributed by atoms with E-state index in [1.807, 2.05) is 48.2 Å². The second kappa shape index (κ2) is 5.75. The number of anilines is 1. The number of amides is 1. The van der Waals surface area contributed by atoms with Crippen molar-refractivity contribution >= 4 is 11.6 Å². The molecule has 100 valence electrons. The molecule has 1 saturated carbocycles. The lowest BCUT2D eigenvalue weighted by molar-refractivity contribution is 0.0747. The van der Waals surface area contributed by atoms with Gasteiger partial charge in [-0.2, -0.15) is 5.26 Å². The Morgan fingerprint density at radius 3 is 2.42 bits per heavy atom. The molecule has 1 amide bonds. The Balaban J connectivity index is 2.10. The average molecular weight is 257 g/mol. The van der Waals surface area contributed by atoms with Crippen LogP contribution in [0.1, 0.15) is 29.6 Å². The number of nitriles is 1. The highest BCUT2D eigenvalue weighted by molar-refractivity contribution is 5.95. The zero-order valence-corrected chi connectivity index (χ0v) is 11.5. The summed E-state index contributed by atoms with van der Waals surface area (Å²) in [6.07, 6.45) is 2.53. The van der Waals surface area contributed by atoms with Crippen LogP contribution in [0.5, 0.6) is 0 Å². The fourth-order valence-electron chi connectivity index (χ4n) is 2.07. The van der Waals surface area contributed by atoms with Gasteiger partial charge in [-0.15, -0.1) is 0 Å². The molecule has 19 heavy (non-hydrogen) atoms. The molecule has 2 rings (SSSR count). The Labute approximate surface area is 114 Å². The molecule has 0 bridgehead atoms. The molecule has 0 radical (unpaired) electrons. The normalized spacial score (nSPS) is 13.7. The van der Waals surface area contributed by atoms with Gasteiger partial charge in [0.25, 0.3) is 5.91 Å². The largest absolute Gasteiger partial charge is 0.378 e. The summed E-state index contributed by atoms with van der Waals surface area (Å²) in [5, 5.41) is 8.67. The van der Waals surface area contributed by atoms with Gasteiger partial charge in [0, 0.05) is 37.9 Å². The van der Waals surface area contributed by atoms with E-state index >= 15 is 0 Å². The van der Waals surface area contributed by atoms with Crippen molar-refractivity contribution in [1.29, 1.82) is 5.26 Å². The molecule has 0 heterocycles. The molecule has 0 unspecified atom stereocenters. The van der Waals surface area contributed by atoms with Crippen molar-refractivity contribution in [2.24, 2.45) is 0 Å². The number of nitrogens with zero attached hydrogens (tertiary/aromatic N) is 3. The van der Waals surface area contributed by atoms with Crippen LogP contribution >= 0.6 is 0 Å². The fraction of sp³-hybridized carbons (Fsp3) is 0.467. The molecule has 0 saturated heterocycles. The van der Waals surface area contributed by atoms with Gasteiger partial charge in [-0.05, 0) is 37.1 Å².